The molecule has 0 amide bonds. The molecule has 1 aromatic carbocycles. The van der Waals surface area contributed by atoms with Crippen molar-refractivity contribution < 1.29 is 0 Å². The van der Waals surface area contributed by atoms with Crippen molar-refractivity contribution in [1.82, 2.24) is 20.2 Å². The summed E-state index contributed by atoms with van der Waals surface area (Å²) in [5.74, 6) is 2.03. The van der Waals surface area contributed by atoms with Gasteiger partial charge in [-0.3, -0.25) is 4.99 Å². The number of rotatable bonds is 9. The maximum atomic E-state index is 4.85. The highest BCUT2D eigenvalue weighted by atomic mass is 15.2. The van der Waals surface area contributed by atoms with Crippen molar-refractivity contribution in [1.29, 1.82) is 0 Å². The average molecular weight is 368 g/mol. The summed E-state index contributed by atoms with van der Waals surface area (Å²) in [6, 6.07) is 10.5. The molecule has 2 N–H and O–H groups in total. The fourth-order valence-electron chi connectivity index (χ4n) is 3.67. The monoisotopic (exact) mass is 367 g/mol. The van der Waals surface area contributed by atoms with Crippen LogP contribution < -0.4 is 10.6 Å². The zero-order chi connectivity index (χ0) is 19.0. The number of imidazole rings is 1. The summed E-state index contributed by atoms with van der Waals surface area (Å²) < 4.78 is 2.22. The molecule has 0 atom stereocenters. The van der Waals surface area contributed by atoms with Crippen LogP contribution in [0.2, 0.25) is 0 Å². The van der Waals surface area contributed by atoms with E-state index >= 15 is 0 Å². The van der Waals surface area contributed by atoms with Gasteiger partial charge in [0.05, 0.1) is 0 Å². The smallest absolute Gasteiger partial charge is 0.191 e. The van der Waals surface area contributed by atoms with Crippen LogP contribution in [-0.2, 0) is 13.0 Å². The van der Waals surface area contributed by atoms with E-state index in [1.165, 1.54) is 31.2 Å². The first-order valence-corrected chi connectivity index (χ1v) is 10.3. The van der Waals surface area contributed by atoms with Gasteiger partial charge in [0.15, 0.2) is 5.96 Å². The Morgan fingerprint density at radius 2 is 2.00 bits per heavy atom. The molecule has 0 saturated heterocycles. The highest BCUT2D eigenvalue weighted by Crippen LogP contribution is 2.43. The molecule has 5 nitrogen and oxygen atoms in total. The number of aromatic nitrogens is 2. The lowest BCUT2D eigenvalue weighted by Gasteiger charge is -2.40. The lowest BCUT2D eigenvalue weighted by atomic mass is 9.67. The summed E-state index contributed by atoms with van der Waals surface area (Å²) in [6.07, 6.45) is 10.1. The second kappa shape index (κ2) is 9.58. The topological polar surface area (TPSA) is 54.2 Å². The first-order valence-electron chi connectivity index (χ1n) is 10.3. The first kappa shape index (κ1) is 19.5. The molecule has 5 heteroatoms. The van der Waals surface area contributed by atoms with Gasteiger partial charge in [0.25, 0.3) is 0 Å². The van der Waals surface area contributed by atoms with Gasteiger partial charge in [-0.05, 0) is 37.2 Å². The van der Waals surface area contributed by atoms with Gasteiger partial charge in [-0.15, -0.1) is 0 Å². The van der Waals surface area contributed by atoms with Crippen LogP contribution in [0.1, 0.15) is 50.9 Å². The third kappa shape index (κ3) is 5.34. The van der Waals surface area contributed by atoms with Gasteiger partial charge in [-0.2, -0.15) is 0 Å². The third-order valence-corrected chi connectivity index (χ3v) is 5.72. The predicted octanol–water partition coefficient (Wildman–Crippen LogP) is 3.61. The molecule has 146 valence electrons. The largest absolute Gasteiger partial charge is 0.357 e. The number of nitrogens with zero attached hydrogens (tertiary/aromatic N) is 3. The summed E-state index contributed by atoms with van der Waals surface area (Å²) in [6.45, 7) is 7.92. The molecule has 1 aliphatic rings. The van der Waals surface area contributed by atoms with E-state index in [2.05, 4.69) is 70.6 Å². The van der Waals surface area contributed by atoms with Crippen LogP contribution in [0.15, 0.2) is 47.7 Å². The Bertz CT molecular complexity index is 710. The first-order chi connectivity index (χ1) is 13.2. The van der Waals surface area contributed by atoms with E-state index < -0.39 is 0 Å². The van der Waals surface area contributed by atoms with Crippen LogP contribution in [0.25, 0.3) is 0 Å². The fraction of sp³-hybridized carbons (Fsp3) is 0.545. The number of hydrogen-bond donors (Lipinski definition) is 2. The van der Waals surface area contributed by atoms with Crippen LogP contribution in [0, 0.1) is 5.41 Å². The predicted molar refractivity (Wildman–Crippen MR) is 112 cm³/mol. The summed E-state index contributed by atoms with van der Waals surface area (Å²) in [5, 5.41) is 6.85. The van der Waals surface area contributed by atoms with Crippen LogP contribution in [0.5, 0.6) is 0 Å². The molecule has 0 spiro atoms. The van der Waals surface area contributed by atoms with Gasteiger partial charge in [0.2, 0.25) is 0 Å². The van der Waals surface area contributed by atoms with Crippen molar-refractivity contribution in [2.75, 3.05) is 19.6 Å². The molecular weight excluding hydrogens is 334 g/mol. The van der Waals surface area contributed by atoms with Crippen molar-refractivity contribution in [2.45, 2.75) is 52.5 Å². The van der Waals surface area contributed by atoms with Crippen LogP contribution in [0.3, 0.4) is 0 Å². The molecule has 1 aliphatic carbocycles. The summed E-state index contributed by atoms with van der Waals surface area (Å²) in [7, 11) is 0. The number of hydrogen-bond acceptors (Lipinski definition) is 2. The number of benzene rings is 1. The fourth-order valence-corrected chi connectivity index (χ4v) is 3.67. The molecule has 1 heterocycles. The highest BCUT2D eigenvalue weighted by Gasteiger charge is 2.34. The van der Waals surface area contributed by atoms with E-state index in [1.807, 2.05) is 6.20 Å². The standard InChI is InChI=1S/C22H33N5/c1-3-22(12-8-13-22)18-26-21(23-4-2)25-14-11-20-24-15-16-27(20)17-19-9-6-5-7-10-19/h5-7,9-10,15-16H,3-4,8,11-14,17-18H2,1-2H3,(H2,23,25,26). The number of aliphatic imine (C=N–C) groups is 1. The molecule has 0 bridgehead atoms. The van der Waals surface area contributed by atoms with E-state index in [9.17, 15) is 0 Å². The minimum absolute atomic E-state index is 0.453. The Kier molecular flexibility index (Phi) is 6.91. The van der Waals surface area contributed by atoms with Crippen molar-refractivity contribution in [3.05, 3.63) is 54.1 Å². The minimum atomic E-state index is 0.453. The Morgan fingerprint density at radius 3 is 2.67 bits per heavy atom. The van der Waals surface area contributed by atoms with Crippen LogP contribution in [-0.4, -0.2) is 35.1 Å². The maximum absolute atomic E-state index is 4.85. The third-order valence-electron chi connectivity index (χ3n) is 5.72. The summed E-state index contributed by atoms with van der Waals surface area (Å²) in [5.41, 5.74) is 1.75. The second-order valence-electron chi connectivity index (χ2n) is 7.54. The molecule has 1 aromatic heterocycles. The molecule has 3 rings (SSSR count). The molecule has 0 aliphatic heterocycles. The SMILES string of the molecule is CCNC(=NCC1(CC)CCC1)NCCc1nccn1Cc1ccccc1. The van der Waals surface area contributed by atoms with E-state index in [4.69, 9.17) is 4.99 Å². The maximum Gasteiger partial charge on any atom is 0.191 e. The average Bonchev–Trinajstić information content (AvgIpc) is 3.09. The highest BCUT2D eigenvalue weighted by molar-refractivity contribution is 5.79. The Morgan fingerprint density at radius 1 is 1.19 bits per heavy atom. The van der Waals surface area contributed by atoms with Gasteiger partial charge >= 0.3 is 0 Å². The van der Waals surface area contributed by atoms with E-state index in [0.717, 1.165) is 44.4 Å². The van der Waals surface area contributed by atoms with Crippen molar-refractivity contribution >= 4 is 5.96 Å². The lowest BCUT2D eigenvalue weighted by molar-refractivity contribution is 0.139. The van der Waals surface area contributed by atoms with E-state index in [-0.39, 0.29) is 0 Å². The quantitative estimate of drug-likeness (QED) is 0.526. The number of guanidine groups is 1. The lowest BCUT2D eigenvalue weighted by Crippen LogP contribution is -2.40. The normalized spacial score (nSPS) is 16.0. The van der Waals surface area contributed by atoms with Crippen LogP contribution in [0.4, 0.5) is 0 Å². The molecular formula is C22H33N5. The number of nitrogens with one attached hydrogen (secondary N) is 2. The second-order valence-corrected chi connectivity index (χ2v) is 7.54. The van der Waals surface area contributed by atoms with Crippen molar-refractivity contribution in [2.24, 2.45) is 10.4 Å². The summed E-state index contributed by atoms with van der Waals surface area (Å²) >= 11 is 0. The van der Waals surface area contributed by atoms with E-state index in [0.29, 0.717) is 5.41 Å². The molecule has 0 radical (unpaired) electrons. The Labute approximate surface area is 163 Å². The zero-order valence-electron chi connectivity index (χ0n) is 16.7. The molecule has 0 unspecified atom stereocenters. The Hall–Kier alpha value is -2.30. The molecule has 1 fully saturated rings. The molecule has 2 aromatic rings. The van der Waals surface area contributed by atoms with Gasteiger partial charge in [0, 0.05) is 45.0 Å². The van der Waals surface area contributed by atoms with Gasteiger partial charge in [0.1, 0.15) is 5.82 Å². The van der Waals surface area contributed by atoms with E-state index in [1.54, 1.807) is 0 Å². The van der Waals surface area contributed by atoms with Crippen molar-refractivity contribution in [3.8, 4) is 0 Å². The van der Waals surface area contributed by atoms with Crippen LogP contribution >= 0.6 is 0 Å². The molecule has 1 saturated carbocycles. The van der Waals surface area contributed by atoms with Crippen molar-refractivity contribution in [3.63, 3.8) is 0 Å². The van der Waals surface area contributed by atoms with Gasteiger partial charge in [-0.1, -0.05) is 43.7 Å². The minimum Gasteiger partial charge on any atom is -0.357 e. The van der Waals surface area contributed by atoms with Gasteiger partial charge < -0.3 is 15.2 Å². The zero-order valence-corrected chi connectivity index (χ0v) is 16.7. The Balaban J connectivity index is 1.52. The summed E-state index contributed by atoms with van der Waals surface area (Å²) in [4.78, 5) is 9.39. The van der Waals surface area contributed by atoms with Gasteiger partial charge in [-0.25, -0.2) is 4.98 Å². The molecule has 27 heavy (non-hydrogen) atoms.